The maximum Gasteiger partial charge on any atom is 0.313 e. The number of nitrogens with one attached hydrogen (secondary N) is 2. The number of anilines is 1. The summed E-state index contributed by atoms with van der Waals surface area (Å²) in [5, 5.41) is 6.24. The molecule has 1 aliphatic rings. The summed E-state index contributed by atoms with van der Waals surface area (Å²) in [5.41, 5.74) is 1.37. The zero-order valence-electron chi connectivity index (χ0n) is 13.8. The van der Waals surface area contributed by atoms with E-state index < -0.39 is 11.8 Å². The van der Waals surface area contributed by atoms with Crippen molar-refractivity contribution in [3.8, 4) is 0 Å². The molecular weight excluding hydrogens is 304 g/mol. The summed E-state index contributed by atoms with van der Waals surface area (Å²) in [6.07, 6.45) is 3.90. The van der Waals surface area contributed by atoms with Crippen LogP contribution < -0.4 is 10.6 Å². The van der Waals surface area contributed by atoms with Gasteiger partial charge in [-0.25, -0.2) is 0 Å². The minimum Gasteiger partial charge on any atom is -0.346 e. The number of amides is 2. The van der Waals surface area contributed by atoms with Crippen LogP contribution in [0.4, 0.5) is 5.69 Å². The van der Waals surface area contributed by atoms with Gasteiger partial charge in [-0.15, -0.1) is 0 Å². The number of nitrogens with zero attached hydrogens (tertiary/aromatic N) is 2. The van der Waals surface area contributed by atoms with Crippen LogP contribution >= 0.6 is 0 Å². The highest BCUT2D eigenvalue weighted by Crippen LogP contribution is 2.21. The van der Waals surface area contributed by atoms with Gasteiger partial charge in [0.05, 0.1) is 11.2 Å². The standard InChI is InChI=1S/C18H22N4O2/c1-2-22-11-5-6-13(22)12-20-17(23)18(24)21-16-9-3-8-15-14(16)7-4-10-19-15/h3-4,7-10,13H,2,5-6,11-12H2,1H3,(H,20,23)(H,21,24). The quantitative estimate of drug-likeness (QED) is 0.840. The summed E-state index contributed by atoms with van der Waals surface area (Å²) >= 11 is 0. The number of pyridine rings is 1. The van der Waals surface area contributed by atoms with E-state index >= 15 is 0 Å². The van der Waals surface area contributed by atoms with E-state index in [-0.39, 0.29) is 0 Å². The zero-order chi connectivity index (χ0) is 16.9. The monoisotopic (exact) mass is 326 g/mol. The molecule has 2 aromatic rings. The highest BCUT2D eigenvalue weighted by Gasteiger charge is 2.24. The van der Waals surface area contributed by atoms with Crippen molar-refractivity contribution in [2.24, 2.45) is 0 Å². The molecule has 0 spiro atoms. The molecule has 1 unspecified atom stereocenters. The van der Waals surface area contributed by atoms with Crippen LogP contribution in [0.25, 0.3) is 10.9 Å². The lowest BCUT2D eigenvalue weighted by atomic mass is 10.2. The normalized spacial score (nSPS) is 17.8. The fourth-order valence-electron chi connectivity index (χ4n) is 3.22. The molecule has 0 radical (unpaired) electrons. The molecule has 6 heteroatoms. The largest absolute Gasteiger partial charge is 0.346 e. The van der Waals surface area contributed by atoms with Crippen LogP contribution in [0.2, 0.25) is 0 Å². The molecule has 126 valence electrons. The Kier molecular flexibility index (Phi) is 5.05. The van der Waals surface area contributed by atoms with E-state index in [4.69, 9.17) is 0 Å². The van der Waals surface area contributed by atoms with Crippen LogP contribution in [-0.4, -0.2) is 47.4 Å². The summed E-state index contributed by atoms with van der Waals surface area (Å²) < 4.78 is 0. The minimum atomic E-state index is -0.646. The minimum absolute atomic E-state index is 0.327. The first-order valence-electron chi connectivity index (χ1n) is 8.36. The SMILES string of the molecule is CCN1CCCC1CNC(=O)C(=O)Nc1cccc2ncccc12. The van der Waals surface area contributed by atoms with Crippen molar-refractivity contribution in [3.63, 3.8) is 0 Å². The summed E-state index contributed by atoms with van der Waals surface area (Å²) in [6.45, 7) is 4.65. The molecule has 1 saturated heterocycles. The first-order chi connectivity index (χ1) is 11.7. The van der Waals surface area contributed by atoms with Gasteiger partial charge >= 0.3 is 11.8 Å². The lowest BCUT2D eigenvalue weighted by Gasteiger charge is -2.22. The number of likely N-dealkylation sites (tertiary alicyclic amines) is 1. The Morgan fingerprint density at radius 1 is 1.25 bits per heavy atom. The fraction of sp³-hybridized carbons (Fsp3) is 0.389. The Bertz CT molecular complexity index is 741. The number of benzene rings is 1. The average molecular weight is 326 g/mol. The van der Waals surface area contributed by atoms with Gasteiger partial charge < -0.3 is 10.6 Å². The lowest BCUT2D eigenvalue weighted by molar-refractivity contribution is -0.136. The van der Waals surface area contributed by atoms with E-state index in [2.05, 4.69) is 27.4 Å². The molecule has 2 heterocycles. The molecule has 0 aliphatic carbocycles. The molecule has 1 aliphatic heterocycles. The smallest absolute Gasteiger partial charge is 0.313 e. The van der Waals surface area contributed by atoms with Crippen LogP contribution in [-0.2, 0) is 9.59 Å². The van der Waals surface area contributed by atoms with Crippen molar-refractivity contribution in [2.75, 3.05) is 25.0 Å². The summed E-state index contributed by atoms with van der Waals surface area (Å²) in [4.78, 5) is 30.8. The zero-order valence-corrected chi connectivity index (χ0v) is 13.8. The molecule has 1 aromatic carbocycles. The van der Waals surface area contributed by atoms with Gasteiger partial charge in [0.2, 0.25) is 0 Å². The third-order valence-electron chi connectivity index (χ3n) is 4.50. The predicted molar refractivity (Wildman–Crippen MR) is 93.7 cm³/mol. The highest BCUT2D eigenvalue weighted by atomic mass is 16.2. The Morgan fingerprint density at radius 2 is 2.12 bits per heavy atom. The number of carbonyl (C=O) groups is 2. The van der Waals surface area contributed by atoms with E-state index in [1.807, 2.05) is 12.1 Å². The predicted octanol–water partition coefficient (Wildman–Crippen LogP) is 1.77. The van der Waals surface area contributed by atoms with Crippen molar-refractivity contribution < 1.29 is 9.59 Å². The first kappa shape index (κ1) is 16.4. The Balaban J connectivity index is 1.61. The van der Waals surface area contributed by atoms with Gasteiger partial charge in [-0.3, -0.25) is 19.5 Å². The number of hydrogen-bond donors (Lipinski definition) is 2. The van der Waals surface area contributed by atoms with Gasteiger partial charge in [0.1, 0.15) is 0 Å². The molecule has 6 nitrogen and oxygen atoms in total. The summed E-state index contributed by atoms with van der Waals surface area (Å²) in [5.74, 6) is -1.24. The van der Waals surface area contributed by atoms with Gasteiger partial charge in [0, 0.05) is 24.2 Å². The molecule has 2 amide bonds. The van der Waals surface area contributed by atoms with Crippen molar-refractivity contribution in [3.05, 3.63) is 36.5 Å². The molecule has 2 N–H and O–H groups in total. The number of rotatable bonds is 4. The van der Waals surface area contributed by atoms with Crippen LogP contribution in [0.15, 0.2) is 36.5 Å². The third-order valence-corrected chi connectivity index (χ3v) is 4.50. The van der Waals surface area contributed by atoms with E-state index in [1.54, 1.807) is 24.4 Å². The number of hydrogen-bond acceptors (Lipinski definition) is 4. The van der Waals surface area contributed by atoms with Crippen LogP contribution in [0.3, 0.4) is 0 Å². The molecule has 1 aromatic heterocycles. The van der Waals surface area contributed by atoms with E-state index in [1.165, 1.54) is 0 Å². The van der Waals surface area contributed by atoms with Gasteiger partial charge in [-0.05, 0) is 50.2 Å². The average Bonchev–Trinajstić information content (AvgIpc) is 3.07. The molecule has 24 heavy (non-hydrogen) atoms. The number of carbonyl (C=O) groups excluding carboxylic acids is 2. The first-order valence-corrected chi connectivity index (χ1v) is 8.36. The van der Waals surface area contributed by atoms with Gasteiger partial charge in [0.25, 0.3) is 0 Å². The summed E-state index contributed by atoms with van der Waals surface area (Å²) in [6, 6.07) is 9.44. The summed E-state index contributed by atoms with van der Waals surface area (Å²) in [7, 11) is 0. The molecule has 0 saturated carbocycles. The van der Waals surface area contributed by atoms with Crippen molar-refractivity contribution in [1.29, 1.82) is 0 Å². The molecule has 1 atom stereocenters. The Labute approximate surface area is 141 Å². The van der Waals surface area contributed by atoms with E-state index in [0.717, 1.165) is 36.8 Å². The van der Waals surface area contributed by atoms with Crippen molar-refractivity contribution >= 4 is 28.4 Å². The van der Waals surface area contributed by atoms with Crippen molar-refractivity contribution in [1.82, 2.24) is 15.2 Å². The van der Waals surface area contributed by atoms with E-state index in [9.17, 15) is 9.59 Å². The topological polar surface area (TPSA) is 74.3 Å². The lowest BCUT2D eigenvalue weighted by Crippen LogP contribution is -2.43. The van der Waals surface area contributed by atoms with Gasteiger partial charge in [-0.1, -0.05) is 13.0 Å². The van der Waals surface area contributed by atoms with E-state index in [0.29, 0.717) is 18.3 Å². The second-order valence-electron chi connectivity index (χ2n) is 5.96. The van der Waals surface area contributed by atoms with Gasteiger partial charge in [-0.2, -0.15) is 0 Å². The van der Waals surface area contributed by atoms with Crippen LogP contribution in [0, 0.1) is 0 Å². The number of fused-ring (bicyclic) bond motifs is 1. The second kappa shape index (κ2) is 7.40. The van der Waals surface area contributed by atoms with Gasteiger partial charge in [0.15, 0.2) is 0 Å². The Morgan fingerprint density at radius 3 is 2.96 bits per heavy atom. The number of aromatic nitrogens is 1. The molecule has 1 fully saturated rings. The Hall–Kier alpha value is -2.47. The number of likely N-dealkylation sites (N-methyl/N-ethyl adjacent to an activating group) is 1. The molecule has 3 rings (SSSR count). The molecular formula is C18H22N4O2. The van der Waals surface area contributed by atoms with Crippen LogP contribution in [0.5, 0.6) is 0 Å². The highest BCUT2D eigenvalue weighted by molar-refractivity contribution is 6.40. The maximum absolute atomic E-state index is 12.2. The third kappa shape index (κ3) is 3.54. The molecule has 0 bridgehead atoms. The van der Waals surface area contributed by atoms with Crippen molar-refractivity contribution in [2.45, 2.75) is 25.8 Å². The maximum atomic E-state index is 12.2. The van der Waals surface area contributed by atoms with Crippen LogP contribution in [0.1, 0.15) is 19.8 Å². The fourth-order valence-corrected chi connectivity index (χ4v) is 3.22. The second-order valence-corrected chi connectivity index (χ2v) is 5.96.